The Kier molecular flexibility index (Phi) is 3.80. The van der Waals surface area contributed by atoms with Gasteiger partial charge in [0.25, 0.3) is 5.91 Å². The summed E-state index contributed by atoms with van der Waals surface area (Å²) in [4.78, 5) is 12.1. The highest BCUT2D eigenvalue weighted by Crippen LogP contribution is 2.27. The molecule has 0 spiro atoms. The highest BCUT2D eigenvalue weighted by atomic mass is 35.5. The molecule has 0 saturated carbocycles. The Morgan fingerprint density at radius 2 is 1.91 bits per heavy atom. The van der Waals surface area contributed by atoms with Crippen molar-refractivity contribution in [2.45, 2.75) is 0 Å². The van der Waals surface area contributed by atoms with E-state index in [1.807, 2.05) is 30.3 Å². The Hall–Kier alpha value is -2.79. The van der Waals surface area contributed by atoms with Gasteiger partial charge in [-0.1, -0.05) is 47.1 Å². The summed E-state index contributed by atoms with van der Waals surface area (Å²) in [6, 6.07) is 15.3. The SMILES string of the molecule is O=C(Nc1cc(Cl)ccc1O)c1cc(-c2ccccc2)no1. The summed E-state index contributed by atoms with van der Waals surface area (Å²) in [5.41, 5.74) is 1.60. The molecular formula is C16H11ClN2O3. The lowest BCUT2D eigenvalue weighted by molar-refractivity contribution is 0.0987. The number of amides is 1. The van der Waals surface area contributed by atoms with E-state index in [4.69, 9.17) is 16.1 Å². The molecule has 1 aromatic heterocycles. The van der Waals surface area contributed by atoms with Crippen molar-refractivity contribution in [1.82, 2.24) is 5.16 Å². The third-order valence-electron chi connectivity index (χ3n) is 3.01. The van der Waals surface area contributed by atoms with Gasteiger partial charge in [0, 0.05) is 16.7 Å². The zero-order valence-electron chi connectivity index (χ0n) is 11.3. The molecule has 0 atom stereocenters. The Morgan fingerprint density at radius 1 is 1.14 bits per heavy atom. The zero-order valence-corrected chi connectivity index (χ0v) is 12.0. The number of halogens is 1. The topological polar surface area (TPSA) is 75.4 Å². The Labute approximate surface area is 131 Å². The van der Waals surface area contributed by atoms with Crippen molar-refractivity contribution in [3.8, 4) is 17.0 Å². The molecule has 0 unspecified atom stereocenters. The van der Waals surface area contributed by atoms with Crippen LogP contribution in [0.5, 0.6) is 5.75 Å². The van der Waals surface area contributed by atoms with Crippen molar-refractivity contribution in [3.05, 3.63) is 65.4 Å². The van der Waals surface area contributed by atoms with Crippen LogP contribution in [0.15, 0.2) is 59.1 Å². The van der Waals surface area contributed by atoms with Crippen LogP contribution in [-0.2, 0) is 0 Å². The van der Waals surface area contributed by atoms with Crippen molar-refractivity contribution < 1.29 is 14.4 Å². The minimum absolute atomic E-state index is 0.0400. The quantitative estimate of drug-likeness (QED) is 0.718. The van der Waals surface area contributed by atoms with Crippen LogP contribution in [0.4, 0.5) is 5.69 Å². The number of carbonyl (C=O) groups is 1. The molecule has 1 amide bonds. The molecule has 0 aliphatic rings. The van der Waals surface area contributed by atoms with E-state index >= 15 is 0 Å². The molecule has 6 heteroatoms. The molecule has 5 nitrogen and oxygen atoms in total. The first-order valence-electron chi connectivity index (χ1n) is 6.45. The number of phenolic OH excluding ortho intramolecular Hbond substituents is 1. The van der Waals surface area contributed by atoms with E-state index in [0.29, 0.717) is 10.7 Å². The number of anilines is 1. The van der Waals surface area contributed by atoms with Gasteiger partial charge in [-0.3, -0.25) is 4.79 Å². The number of rotatable bonds is 3. The van der Waals surface area contributed by atoms with Gasteiger partial charge >= 0.3 is 0 Å². The minimum atomic E-state index is -0.521. The Balaban J connectivity index is 1.81. The molecule has 1 heterocycles. The maximum atomic E-state index is 12.1. The van der Waals surface area contributed by atoms with Crippen LogP contribution in [0.3, 0.4) is 0 Å². The first kappa shape index (κ1) is 14.2. The average Bonchev–Trinajstić information content (AvgIpc) is 3.02. The summed E-state index contributed by atoms with van der Waals surface area (Å²) in [5, 5.41) is 16.5. The number of nitrogens with zero attached hydrogens (tertiary/aromatic N) is 1. The van der Waals surface area contributed by atoms with E-state index < -0.39 is 5.91 Å². The van der Waals surface area contributed by atoms with Gasteiger partial charge in [0.15, 0.2) is 0 Å². The van der Waals surface area contributed by atoms with Crippen LogP contribution >= 0.6 is 11.6 Å². The lowest BCUT2D eigenvalue weighted by atomic mass is 10.1. The second-order valence-corrected chi connectivity index (χ2v) is 4.99. The number of hydrogen-bond donors (Lipinski definition) is 2. The lowest BCUT2D eigenvalue weighted by Crippen LogP contribution is -2.10. The van der Waals surface area contributed by atoms with Crippen molar-refractivity contribution in [2.75, 3.05) is 5.32 Å². The zero-order chi connectivity index (χ0) is 15.5. The summed E-state index contributed by atoms with van der Waals surface area (Å²) in [5.74, 6) is -0.564. The van der Waals surface area contributed by atoms with Gasteiger partial charge in [0.1, 0.15) is 11.4 Å². The molecular weight excluding hydrogens is 304 g/mol. The number of benzene rings is 2. The monoisotopic (exact) mass is 314 g/mol. The van der Waals surface area contributed by atoms with Gasteiger partial charge in [-0.15, -0.1) is 0 Å². The van der Waals surface area contributed by atoms with Gasteiger partial charge in [-0.2, -0.15) is 0 Å². The molecule has 22 heavy (non-hydrogen) atoms. The fourth-order valence-corrected chi connectivity index (χ4v) is 2.09. The second kappa shape index (κ2) is 5.91. The summed E-state index contributed by atoms with van der Waals surface area (Å²) >= 11 is 5.83. The molecule has 0 radical (unpaired) electrons. The average molecular weight is 315 g/mol. The predicted molar refractivity (Wildman–Crippen MR) is 83.0 cm³/mol. The molecule has 0 bridgehead atoms. The van der Waals surface area contributed by atoms with Gasteiger partial charge in [0.05, 0.1) is 5.69 Å². The van der Waals surface area contributed by atoms with E-state index in [2.05, 4.69) is 10.5 Å². The van der Waals surface area contributed by atoms with E-state index in [1.165, 1.54) is 24.3 Å². The first-order valence-corrected chi connectivity index (χ1v) is 6.83. The van der Waals surface area contributed by atoms with Crippen molar-refractivity contribution in [1.29, 1.82) is 0 Å². The summed E-state index contributed by atoms with van der Waals surface area (Å²) in [7, 11) is 0. The van der Waals surface area contributed by atoms with E-state index in [0.717, 1.165) is 5.56 Å². The number of aromatic hydroxyl groups is 1. The normalized spacial score (nSPS) is 10.4. The fraction of sp³-hybridized carbons (Fsp3) is 0. The minimum Gasteiger partial charge on any atom is -0.506 e. The third kappa shape index (κ3) is 2.94. The summed E-state index contributed by atoms with van der Waals surface area (Å²) in [6.07, 6.45) is 0. The van der Waals surface area contributed by atoms with Crippen LogP contribution in [0.25, 0.3) is 11.3 Å². The molecule has 2 aromatic carbocycles. The van der Waals surface area contributed by atoms with Gasteiger partial charge in [-0.05, 0) is 18.2 Å². The van der Waals surface area contributed by atoms with Gasteiger partial charge in [0.2, 0.25) is 5.76 Å². The highest BCUT2D eigenvalue weighted by Gasteiger charge is 2.15. The highest BCUT2D eigenvalue weighted by molar-refractivity contribution is 6.31. The van der Waals surface area contributed by atoms with Crippen LogP contribution in [0.2, 0.25) is 5.02 Å². The summed E-state index contributed by atoms with van der Waals surface area (Å²) < 4.78 is 5.05. The Morgan fingerprint density at radius 3 is 2.68 bits per heavy atom. The summed E-state index contributed by atoms with van der Waals surface area (Å²) in [6.45, 7) is 0. The second-order valence-electron chi connectivity index (χ2n) is 4.56. The largest absolute Gasteiger partial charge is 0.506 e. The molecule has 3 rings (SSSR count). The van der Waals surface area contributed by atoms with Crippen LogP contribution in [0.1, 0.15) is 10.6 Å². The first-order chi connectivity index (χ1) is 10.6. The maximum absolute atomic E-state index is 12.1. The fourth-order valence-electron chi connectivity index (χ4n) is 1.92. The standard InChI is InChI=1S/C16H11ClN2O3/c17-11-6-7-14(20)13(8-11)18-16(21)15-9-12(19-22-15)10-4-2-1-3-5-10/h1-9,20H,(H,18,21). The number of carbonyl (C=O) groups excluding carboxylic acids is 1. The molecule has 3 aromatic rings. The third-order valence-corrected chi connectivity index (χ3v) is 3.25. The van der Waals surface area contributed by atoms with Crippen molar-refractivity contribution >= 4 is 23.2 Å². The number of nitrogens with one attached hydrogen (secondary N) is 1. The molecule has 110 valence electrons. The molecule has 0 saturated heterocycles. The van der Waals surface area contributed by atoms with E-state index in [9.17, 15) is 9.90 Å². The Bertz CT molecular complexity index is 815. The number of phenols is 1. The van der Waals surface area contributed by atoms with Crippen LogP contribution in [-0.4, -0.2) is 16.2 Å². The van der Waals surface area contributed by atoms with Gasteiger partial charge in [-0.25, -0.2) is 0 Å². The van der Waals surface area contributed by atoms with Gasteiger partial charge < -0.3 is 14.9 Å². The molecule has 0 fully saturated rings. The van der Waals surface area contributed by atoms with E-state index in [1.54, 1.807) is 0 Å². The smallest absolute Gasteiger partial charge is 0.294 e. The molecule has 0 aliphatic carbocycles. The number of hydrogen-bond acceptors (Lipinski definition) is 4. The van der Waals surface area contributed by atoms with E-state index in [-0.39, 0.29) is 17.2 Å². The number of aromatic nitrogens is 1. The maximum Gasteiger partial charge on any atom is 0.294 e. The molecule has 0 aliphatic heterocycles. The molecule has 2 N–H and O–H groups in total. The van der Waals surface area contributed by atoms with Crippen LogP contribution in [0, 0.1) is 0 Å². The predicted octanol–water partition coefficient (Wildman–Crippen LogP) is 3.95. The van der Waals surface area contributed by atoms with Crippen molar-refractivity contribution in [3.63, 3.8) is 0 Å². The van der Waals surface area contributed by atoms with Crippen molar-refractivity contribution in [2.24, 2.45) is 0 Å². The van der Waals surface area contributed by atoms with Crippen LogP contribution < -0.4 is 5.32 Å². The lowest BCUT2D eigenvalue weighted by Gasteiger charge is -2.05.